The van der Waals surface area contributed by atoms with E-state index in [4.69, 9.17) is 4.55 Å². The number of carbonyl (C=O) groups is 2. The average Bonchev–Trinajstić information content (AvgIpc) is 2.70. The van der Waals surface area contributed by atoms with E-state index in [-0.39, 0.29) is 12.8 Å². The fourth-order valence-electron chi connectivity index (χ4n) is 3.22. The molecule has 1 fully saturated rings. The molecule has 1 saturated carbocycles. The van der Waals surface area contributed by atoms with E-state index in [9.17, 15) is 61.9 Å². The summed E-state index contributed by atoms with van der Waals surface area (Å²) in [4.78, 5) is 24.3. The molecule has 1 unspecified atom stereocenters. The number of rotatable bonds is 11. The van der Waals surface area contributed by atoms with Crippen molar-refractivity contribution in [1.29, 1.82) is 0 Å². The maximum atomic E-state index is 13.9. The van der Waals surface area contributed by atoms with Gasteiger partial charge in [0.2, 0.25) is 5.78 Å². The molecular weight excluding hydrogens is 550 g/mol. The Kier molecular flexibility index (Phi) is 9.63. The van der Waals surface area contributed by atoms with Gasteiger partial charge in [0.15, 0.2) is 0 Å². The summed E-state index contributed by atoms with van der Waals surface area (Å²) in [6, 6.07) is 0. The molecule has 1 atom stereocenters. The molecule has 0 aromatic rings. The van der Waals surface area contributed by atoms with Crippen LogP contribution in [0.3, 0.4) is 0 Å². The zero-order chi connectivity index (χ0) is 28.4. The molecule has 18 heteroatoms. The summed E-state index contributed by atoms with van der Waals surface area (Å²) in [6.45, 7) is -0.0794. The summed E-state index contributed by atoms with van der Waals surface area (Å²) in [5.74, 6) is -16.6. The summed E-state index contributed by atoms with van der Waals surface area (Å²) in [7, 11) is -6.79. The van der Waals surface area contributed by atoms with E-state index >= 15 is 0 Å². The highest BCUT2D eigenvalue weighted by Crippen LogP contribution is 2.43. The molecule has 0 aromatic heterocycles. The highest BCUT2D eigenvalue weighted by Gasteiger charge is 2.68. The van der Waals surface area contributed by atoms with E-state index in [1.54, 1.807) is 0 Å². The molecular formula is C18H20F10O7S. The maximum absolute atomic E-state index is 13.9. The number of alkyl halides is 10. The number of hydrogen-bond acceptors (Lipinski definition) is 6. The van der Waals surface area contributed by atoms with Gasteiger partial charge in [-0.2, -0.15) is 52.3 Å². The van der Waals surface area contributed by atoms with Crippen molar-refractivity contribution in [1.82, 2.24) is 0 Å². The molecule has 0 radical (unpaired) electrons. The third-order valence-corrected chi connectivity index (χ3v) is 6.18. The molecule has 0 heterocycles. The second-order valence-corrected chi connectivity index (χ2v) is 9.37. The van der Waals surface area contributed by atoms with Gasteiger partial charge in [-0.05, 0) is 5.92 Å². The smallest absolute Gasteiger partial charge is 0.413 e. The van der Waals surface area contributed by atoms with Crippen LogP contribution in [0.5, 0.6) is 0 Å². The molecule has 210 valence electrons. The summed E-state index contributed by atoms with van der Waals surface area (Å²) >= 11 is 0. The summed E-state index contributed by atoms with van der Waals surface area (Å²) in [5, 5.41) is -6.22. The van der Waals surface area contributed by atoms with Crippen LogP contribution in [0.4, 0.5) is 43.9 Å². The van der Waals surface area contributed by atoms with Crippen LogP contribution in [0.2, 0.25) is 0 Å². The standard InChI is InChI=1S/C18H20F10O7S/c1-10(16(21,22)23)13(30)35-15(17(24,25)26,12(29)9-11-5-3-2-4-6-11)34-8-7-14(19,20)18(27,28)36(31,32)33/h11H,1-9H2,(H,31,32,33). The Morgan fingerprint density at radius 2 is 1.42 bits per heavy atom. The highest BCUT2D eigenvalue weighted by atomic mass is 32.2. The Bertz CT molecular complexity index is 937. The van der Waals surface area contributed by atoms with Gasteiger partial charge in [0.25, 0.3) is 0 Å². The van der Waals surface area contributed by atoms with E-state index in [2.05, 4.69) is 16.1 Å². The average molecular weight is 570 g/mol. The normalized spacial score (nSPS) is 18.4. The van der Waals surface area contributed by atoms with Gasteiger partial charge in [-0.25, -0.2) is 4.79 Å². The van der Waals surface area contributed by atoms with Gasteiger partial charge >= 0.3 is 45.4 Å². The molecule has 1 N–H and O–H groups in total. The van der Waals surface area contributed by atoms with E-state index < -0.39 is 82.1 Å². The predicted molar refractivity (Wildman–Crippen MR) is 98.3 cm³/mol. The van der Waals surface area contributed by atoms with Crippen LogP contribution in [-0.2, 0) is 29.2 Å². The Hall–Kier alpha value is -1.95. The molecule has 0 spiro atoms. The molecule has 36 heavy (non-hydrogen) atoms. The Morgan fingerprint density at radius 3 is 1.83 bits per heavy atom. The van der Waals surface area contributed by atoms with Gasteiger partial charge in [-0.3, -0.25) is 9.35 Å². The van der Waals surface area contributed by atoms with Gasteiger partial charge in [0.05, 0.1) is 6.61 Å². The lowest BCUT2D eigenvalue weighted by Crippen LogP contribution is -2.59. The number of ether oxygens (including phenoxy) is 2. The lowest BCUT2D eigenvalue weighted by atomic mass is 9.84. The molecule has 0 aromatic carbocycles. The first-order valence-electron chi connectivity index (χ1n) is 9.95. The molecule has 1 rings (SSSR count). The number of halogens is 10. The highest BCUT2D eigenvalue weighted by molar-refractivity contribution is 7.87. The number of ketones is 1. The minimum atomic E-state index is -6.79. The van der Waals surface area contributed by atoms with E-state index in [1.807, 2.05) is 0 Å². The Balaban J connectivity index is 3.37. The van der Waals surface area contributed by atoms with Crippen molar-refractivity contribution in [2.75, 3.05) is 6.61 Å². The van der Waals surface area contributed by atoms with Crippen molar-refractivity contribution in [2.24, 2.45) is 5.92 Å². The van der Waals surface area contributed by atoms with Gasteiger partial charge in [-0.1, -0.05) is 38.7 Å². The molecule has 7 nitrogen and oxygen atoms in total. The summed E-state index contributed by atoms with van der Waals surface area (Å²) in [6.07, 6.45) is -13.6. The Morgan fingerprint density at radius 1 is 0.917 bits per heavy atom. The maximum Gasteiger partial charge on any atom is 0.463 e. The summed E-state index contributed by atoms with van der Waals surface area (Å²) < 4.78 is 171. The molecule has 0 saturated heterocycles. The quantitative estimate of drug-likeness (QED) is 0.123. The van der Waals surface area contributed by atoms with Crippen LogP contribution >= 0.6 is 0 Å². The largest absolute Gasteiger partial charge is 0.463 e. The zero-order valence-electron chi connectivity index (χ0n) is 18.0. The number of Topliss-reactive ketones (excluding diaryl/α,β-unsaturated/α-hetero) is 1. The lowest BCUT2D eigenvalue weighted by Gasteiger charge is -2.35. The van der Waals surface area contributed by atoms with E-state index in [0.29, 0.717) is 19.3 Å². The van der Waals surface area contributed by atoms with Crippen molar-refractivity contribution in [2.45, 2.75) is 74.3 Å². The van der Waals surface area contributed by atoms with E-state index in [1.165, 1.54) is 0 Å². The molecule has 1 aliphatic rings. The Labute approximate surface area is 197 Å². The van der Waals surface area contributed by atoms with Crippen molar-refractivity contribution in [3.8, 4) is 0 Å². The lowest BCUT2D eigenvalue weighted by molar-refractivity contribution is -0.349. The van der Waals surface area contributed by atoms with Crippen molar-refractivity contribution >= 4 is 21.9 Å². The van der Waals surface area contributed by atoms with Gasteiger partial charge in [0.1, 0.15) is 5.57 Å². The van der Waals surface area contributed by atoms with Crippen LogP contribution in [-0.4, -0.2) is 60.6 Å². The zero-order valence-corrected chi connectivity index (χ0v) is 18.8. The summed E-state index contributed by atoms with van der Waals surface area (Å²) in [5.41, 5.74) is -2.53. The third-order valence-electron chi connectivity index (χ3n) is 5.24. The predicted octanol–water partition coefficient (Wildman–Crippen LogP) is 4.97. The first-order chi connectivity index (χ1) is 16.0. The fourth-order valence-corrected chi connectivity index (χ4v) is 3.70. The van der Waals surface area contributed by atoms with Crippen LogP contribution in [0.1, 0.15) is 44.9 Å². The van der Waals surface area contributed by atoms with Gasteiger partial charge < -0.3 is 9.47 Å². The molecule has 0 aliphatic heterocycles. The minimum Gasteiger partial charge on any atom is -0.413 e. The third kappa shape index (κ3) is 7.08. The van der Waals surface area contributed by atoms with Crippen molar-refractivity contribution < 1.29 is 75.9 Å². The second-order valence-electron chi connectivity index (χ2n) is 7.91. The van der Waals surface area contributed by atoms with E-state index in [0.717, 1.165) is 0 Å². The first-order valence-corrected chi connectivity index (χ1v) is 11.4. The second kappa shape index (κ2) is 10.8. The number of hydrogen-bond donors (Lipinski definition) is 1. The monoisotopic (exact) mass is 570 g/mol. The van der Waals surface area contributed by atoms with Crippen LogP contribution < -0.4 is 0 Å². The minimum absolute atomic E-state index is 0.182. The molecule has 1 aliphatic carbocycles. The number of esters is 1. The van der Waals surface area contributed by atoms with Crippen molar-refractivity contribution in [3.63, 3.8) is 0 Å². The SMILES string of the molecule is C=C(C(=O)OC(OCCC(F)(F)C(F)(F)S(=O)(=O)O)(C(=O)CC1CCCCC1)C(F)(F)F)C(F)(F)F. The molecule has 0 bridgehead atoms. The fraction of sp³-hybridized carbons (Fsp3) is 0.778. The van der Waals surface area contributed by atoms with Crippen LogP contribution in [0.15, 0.2) is 12.2 Å². The first kappa shape index (κ1) is 32.1. The van der Waals surface area contributed by atoms with Crippen LogP contribution in [0.25, 0.3) is 0 Å². The van der Waals surface area contributed by atoms with Crippen LogP contribution in [0, 0.1) is 5.92 Å². The van der Waals surface area contributed by atoms with Gasteiger partial charge in [-0.15, -0.1) is 0 Å². The molecule has 0 amide bonds. The topological polar surface area (TPSA) is 107 Å². The number of carbonyl (C=O) groups excluding carboxylic acids is 2. The van der Waals surface area contributed by atoms with Gasteiger partial charge in [0, 0.05) is 12.8 Å². The van der Waals surface area contributed by atoms with Crippen molar-refractivity contribution in [3.05, 3.63) is 12.2 Å².